The highest BCUT2D eigenvalue weighted by atomic mass is 15.2. The Morgan fingerprint density at radius 3 is 2.62 bits per heavy atom. The van der Waals surface area contributed by atoms with Crippen LogP contribution in [0.5, 0.6) is 0 Å². The average Bonchev–Trinajstić information content (AvgIpc) is 2.53. The summed E-state index contributed by atoms with van der Waals surface area (Å²) in [6, 6.07) is 12.0. The van der Waals surface area contributed by atoms with Gasteiger partial charge in [-0.05, 0) is 24.6 Å². The van der Waals surface area contributed by atoms with Gasteiger partial charge in [0.2, 0.25) is 0 Å². The molecule has 0 fully saturated rings. The summed E-state index contributed by atoms with van der Waals surface area (Å²) >= 11 is 0. The van der Waals surface area contributed by atoms with Gasteiger partial charge in [0, 0.05) is 29.9 Å². The van der Waals surface area contributed by atoms with Crippen LogP contribution >= 0.6 is 0 Å². The number of benzene rings is 1. The predicted octanol–water partition coefficient (Wildman–Crippen LogP) is 2.08. The molecule has 0 saturated heterocycles. The fourth-order valence-electron chi connectivity index (χ4n) is 2.24. The number of rotatable bonds is 4. The monoisotopic (exact) mass is 279 g/mol. The third-order valence-electron chi connectivity index (χ3n) is 3.38. The van der Waals surface area contributed by atoms with Gasteiger partial charge in [-0.1, -0.05) is 24.3 Å². The van der Waals surface area contributed by atoms with E-state index >= 15 is 0 Å². The highest BCUT2D eigenvalue weighted by molar-refractivity contribution is 5.78. The van der Waals surface area contributed by atoms with E-state index < -0.39 is 0 Å². The normalized spacial score (nSPS) is 12.5. The Balaban J connectivity index is 1.86. The van der Waals surface area contributed by atoms with Crippen molar-refractivity contribution in [2.75, 3.05) is 0 Å². The molecule has 0 spiro atoms. The minimum atomic E-state index is -0.153. The summed E-state index contributed by atoms with van der Waals surface area (Å²) in [5.41, 5.74) is 5.74. The molecule has 2 heterocycles. The lowest BCUT2D eigenvalue weighted by atomic mass is 10.1. The Kier molecular flexibility index (Phi) is 3.85. The van der Waals surface area contributed by atoms with Crippen molar-refractivity contribution in [2.45, 2.75) is 19.4 Å². The Hall–Kier alpha value is -2.37. The summed E-state index contributed by atoms with van der Waals surface area (Å²) in [6.07, 6.45) is 4.23. The number of hydrazine groups is 1. The topological polar surface area (TPSA) is 76.7 Å². The van der Waals surface area contributed by atoms with Gasteiger partial charge in [-0.25, -0.2) is 15.4 Å². The molecule has 0 aliphatic heterocycles. The molecular formula is C16H17N5. The molecule has 21 heavy (non-hydrogen) atoms. The van der Waals surface area contributed by atoms with Crippen LogP contribution in [0.4, 0.5) is 0 Å². The number of hydrogen-bond acceptors (Lipinski definition) is 5. The SMILES string of the molecule is Cc1cnc(C(Cc2ccc3ccccc3n2)NN)nc1. The number of fused-ring (bicyclic) bond motifs is 1. The second kappa shape index (κ2) is 5.95. The van der Waals surface area contributed by atoms with E-state index in [0.29, 0.717) is 12.2 Å². The van der Waals surface area contributed by atoms with E-state index in [9.17, 15) is 0 Å². The fraction of sp³-hybridized carbons (Fsp3) is 0.188. The molecule has 0 bridgehead atoms. The van der Waals surface area contributed by atoms with E-state index in [1.54, 1.807) is 12.4 Å². The van der Waals surface area contributed by atoms with Gasteiger partial charge in [0.1, 0.15) is 5.82 Å². The molecule has 0 amide bonds. The average molecular weight is 279 g/mol. The summed E-state index contributed by atoms with van der Waals surface area (Å²) in [4.78, 5) is 13.3. The maximum absolute atomic E-state index is 5.65. The number of nitrogens with one attached hydrogen (secondary N) is 1. The minimum Gasteiger partial charge on any atom is -0.271 e. The summed E-state index contributed by atoms with van der Waals surface area (Å²) in [7, 11) is 0. The Labute approximate surface area is 123 Å². The van der Waals surface area contributed by atoms with E-state index in [2.05, 4.69) is 26.4 Å². The number of pyridine rings is 1. The van der Waals surface area contributed by atoms with Crippen LogP contribution in [0.15, 0.2) is 48.8 Å². The zero-order chi connectivity index (χ0) is 14.7. The third kappa shape index (κ3) is 3.04. The summed E-state index contributed by atoms with van der Waals surface area (Å²) in [6.45, 7) is 1.96. The lowest BCUT2D eigenvalue weighted by Crippen LogP contribution is -2.31. The van der Waals surface area contributed by atoms with Gasteiger partial charge in [-0.3, -0.25) is 10.8 Å². The zero-order valence-electron chi connectivity index (χ0n) is 11.8. The van der Waals surface area contributed by atoms with Gasteiger partial charge in [0.05, 0.1) is 11.6 Å². The third-order valence-corrected chi connectivity index (χ3v) is 3.38. The first-order valence-corrected chi connectivity index (χ1v) is 6.85. The lowest BCUT2D eigenvalue weighted by molar-refractivity contribution is 0.517. The van der Waals surface area contributed by atoms with E-state index in [1.807, 2.05) is 37.3 Å². The van der Waals surface area contributed by atoms with Crippen LogP contribution < -0.4 is 11.3 Å². The first-order valence-electron chi connectivity index (χ1n) is 6.85. The summed E-state index contributed by atoms with van der Waals surface area (Å²) < 4.78 is 0. The second-order valence-electron chi connectivity index (χ2n) is 5.04. The Morgan fingerprint density at radius 2 is 1.86 bits per heavy atom. The molecule has 5 heteroatoms. The molecule has 0 aliphatic carbocycles. The molecular weight excluding hydrogens is 262 g/mol. The van der Waals surface area contributed by atoms with Crippen molar-refractivity contribution in [3.8, 4) is 0 Å². The largest absolute Gasteiger partial charge is 0.271 e. The smallest absolute Gasteiger partial charge is 0.146 e. The van der Waals surface area contributed by atoms with E-state index in [4.69, 9.17) is 5.84 Å². The van der Waals surface area contributed by atoms with Gasteiger partial charge in [-0.15, -0.1) is 0 Å². The summed E-state index contributed by atoms with van der Waals surface area (Å²) in [5, 5.41) is 1.13. The maximum Gasteiger partial charge on any atom is 0.146 e. The zero-order valence-corrected chi connectivity index (χ0v) is 11.8. The predicted molar refractivity (Wildman–Crippen MR) is 82.3 cm³/mol. The van der Waals surface area contributed by atoms with Crippen molar-refractivity contribution < 1.29 is 0 Å². The molecule has 3 N–H and O–H groups in total. The van der Waals surface area contributed by atoms with E-state index in [1.165, 1.54) is 0 Å². The van der Waals surface area contributed by atoms with Crippen LogP contribution in [-0.4, -0.2) is 15.0 Å². The second-order valence-corrected chi connectivity index (χ2v) is 5.04. The van der Waals surface area contributed by atoms with Crippen LogP contribution in [0.25, 0.3) is 10.9 Å². The lowest BCUT2D eigenvalue weighted by Gasteiger charge is -2.14. The van der Waals surface area contributed by atoms with E-state index in [0.717, 1.165) is 22.2 Å². The fourth-order valence-corrected chi connectivity index (χ4v) is 2.24. The number of aromatic nitrogens is 3. The molecule has 2 aromatic heterocycles. The van der Waals surface area contributed by atoms with Crippen molar-refractivity contribution in [1.29, 1.82) is 0 Å². The minimum absolute atomic E-state index is 0.153. The number of nitrogens with zero attached hydrogens (tertiary/aromatic N) is 3. The van der Waals surface area contributed by atoms with E-state index in [-0.39, 0.29) is 6.04 Å². The van der Waals surface area contributed by atoms with Crippen LogP contribution in [0.1, 0.15) is 23.1 Å². The van der Waals surface area contributed by atoms with Crippen molar-refractivity contribution >= 4 is 10.9 Å². The first kappa shape index (κ1) is 13.6. The number of hydrogen-bond donors (Lipinski definition) is 2. The molecule has 1 atom stereocenters. The summed E-state index contributed by atoms with van der Waals surface area (Å²) in [5.74, 6) is 6.32. The van der Waals surface area contributed by atoms with Crippen molar-refractivity contribution in [2.24, 2.45) is 5.84 Å². The van der Waals surface area contributed by atoms with Gasteiger partial charge >= 0.3 is 0 Å². The number of para-hydroxylation sites is 1. The molecule has 3 aromatic rings. The van der Waals surface area contributed by atoms with Crippen LogP contribution in [0.2, 0.25) is 0 Å². The highest BCUT2D eigenvalue weighted by Gasteiger charge is 2.14. The van der Waals surface area contributed by atoms with Crippen molar-refractivity contribution in [3.63, 3.8) is 0 Å². The molecule has 106 valence electrons. The number of aryl methyl sites for hydroxylation is 1. The van der Waals surface area contributed by atoms with Crippen LogP contribution in [-0.2, 0) is 6.42 Å². The quantitative estimate of drug-likeness (QED) is 0.565. The molecule has 1 aromatic carbocycles. The van der Waals surface area contributed by atoms with Gasteiger partial charge in [0.15, 0.2) is 0 Å². The molecule has 0 radical (unpaired) electrons. The molecule has 0 aliphatic rings. The standard InChI is InChI=1S/C16H17N5/c1-11-9-18-16(19-10-11)15(21-17)8-13-7-6-12-4-2-3-5-14(12)20-13/h2-7,9-10,15,21H,8,17H2,1H3. The van der Waals surface area contributed by atoms with Gasteiger partial charge in [0.25, 0.3) is 0 Å². The molecule has 5 nitrogen and oxygen atoms in total. The molecule has 3 rings (SSSR count). The number of nitrogens with two attached hydrogens (primary N) is 1. The van der Waals surface area contributed by atoms with Crippen molar-refractivity contribution in [3.05, 3.63) is 65.9 Å². The maximum atomic E-state index is 5.65. The molecule has 1 unspecified atom stereocenters. The van der Waals surface area contributed by atoms with Gasteiger partial charge < -0.3 is 0 Å². The van der Waals surface area contributed by atoms with Crippen LogP contribution in [0, 0.1) is 6.92 Å². The van der Waals surface area contributed by atoms with Crippen LogP contribution in [0.3, 0.4) is 0 Å². The van der Waals surface area contributed by atoms with Crippen molar-refractivity contribution in [1.82, 2.24) is 20.4 Å². The Bertz CT molecular complexity index is 739. The molecule has 0 saturated carbocycles. The first-order chi connectivity index (χ1) is 10.3. The highest BCUT2D eigenvalue weighted by Crippen LogP contribution is 2.16. The Morgan fingerprint density at radius 1 is 1.10 bits per heavy atom. The van der Waals surface area contributed by atoms with Gasteiger partial charge in [-0.2, -0.15) is 0 Å².